The predicted octanol–water partition coefficient (Wildman–Crippen LogP) is 0.976. The number of carbonyl (C=O) groups is 2. The van der Waals surface area contributed by atoms with Crippen molar-refractivity contribution in [2.75, 3.05) is 26.2 Å². The van der Waals surface area contributed by atoms with E-state index in [-0.39, 0.29) is 18.5 Å². The number of aliphatic carboxylic acids is 1. The molecule has 1 aromatic rings. The van der Waals surface area contributed by atoms with E-state index in [1.807, 2.05) is 40.1 Å². The highest BCUT2D eigenvalue weighted by Gasteiger charge is 2.30. The van der Waals surface area contributed by atoms with Crippen LogP contribution in [-0.4, -0.2) is 53.0 Å². The third kappa shape index (κ3) is 3.32. The second-order valence-electron chi connectivity index (χ2n) is 4.77. The number of benzene rings is 1. The van der Waals surface area contributed by atoms with E-state index in [1.54, 1.807) is 6.92 Å². The van der Waals surface area contributed by atoms with Gasteiger partial charge in [0.25, 0.3) is 0 Å². The molecule has 1 atom stereocenters. The highest BCUT2D eigenvalue weighted by Crippen LogP contribution is 2.25. The van der Waals surface area contributed by atoms with Crippen LogP contribution >= 0.6 is 0 Å². The van der Waals surface area contributed by atoms with Gasteiger partial charge < -0.3 is 10.0 Å². The molecule has 2 rings (SSSR count). The van der Waals surface area contributed by atoms with Crippen LogP contribution in [0.5, 0.6) is 0 Å². The van der Waals surface area contributed by atoms with E-state index in [0.717, 1.165) is 5.56 Å². The number of carboxylic acid groups (broad SMARTS) is 1. The van der Waals surface area contributed by atoms with E-state index in [9.17, 15) is 9.59 Å². The van der Waals surface area contributed by atoms with Crippen LogP contribution in [-0.2, 0) is 9.59 Å². The molecule has 0 spiro atoms. The van der Waals surface area contributed by atoms with Gasteiger partial charge in [-0.2, -0.15) is 0 Å². The van der Waals surface area contributed by atoms with Crippen LogP contribution in [0.4, 0.5) is 0 Å². The van der Waals surface area contributed by atoms with E-state index in [1.165, 1.54) is 0 Å². The second-order valence-corrected chi connectivity index (χ2v) is 4.77. The molecule has 1 saturated heterocycles. The van der Waals surface area contributed by atoms with Gasteiger partial charge in [-0.1, -0.05) is 30.3 Å². The molecule has 1 N–H and O–H groups in total. The lowest BCUT2D eigenvalue weighted by Gasteiger charge is -2.40. The summed E-state index contributed by atoms with van der Waals surface area (Å²) in [5.41, 5.74) is 1.05. The van der Waals surface area contributed by atoms with E-state index in [0.29, 0.717) is 19.6 Å². The summed E-state index contributed by atoms with van der Waals surface area (Å²) >= 11 is 0. The van der Waals surface area contributed by atoms with Gasteiger partial charge in [-0.15, -0.1) is 0 Å². The van der Waals surface area contributed by atoms with Gasteiger partial charge in [-0.25, -0.2) is 0 Å². The molecular weight excluding hydrogens is 244 g/mol. The number of rotatable bonds is 3. The highest BCUT2D eigenvalue weighted by atomic mass is 16.4. The van der Waals surface area contributed by atoms with Crippen molar-refractivity contribution in [1.29, 1.82) is 0 Å². The van der Waals surface area contributed by atoms with Crippen molar-refractivity contribution in [2.24, 2.45) is 0 Å². The lowest BCUT2D eigenvalue weighted by atomic mass is 10.0. The quantitative estimate of drug-likeness (QED) is 0.882. The summed E-state index contributed by atoms with van der Waals surface area (Å²) in [6, 6.07) is 9.69. The number of carboxylic acids is 1. The van der Waals surface area contributed by atoms with Gasteiger partial charge in [-0.3, -0.25) is 14.5 Å². The number of hydrogen-bond donors (Lipinski definition) is 1. The van der Waals surface area contributed by atoms with Crippen molar-refractivity contribution >= 4 is 11.9 Å². The maximum Gasteiger partial charge on any atom is 0.317 e. The van der Waals surface area contributed by atoms with Crippen LogP contribution in [0.25, 0.3) is 0 Å². The van der Waals surface area contributed by atoms with Gasteiger partial charge >= 0.3 is 5.97 Å². The van der Waals surface area contributed by atoms with Gasteiger partial charge in [0.1, 0.15) is 0 Å². The minimum atomic E-state index is -0.830. The Bertz CT molecular complexity index is 461. The van der Waals surface area contributed by atoms with Crippen molar-refractivity contribution in [2.45, 2.75) is 13.0 Å². The van der Waals surface area contributed by atoms with Gasteiger partial charge in [0.05, 0.1) is 12.6 Å². The van der Waals surface area contributed by atoms with Crippen molar-refractivity contribution in [3.8, 4) is 0 Å². The van der Waals surface area contributed by atoms with Gasteiger partial charge in [0.2, 0.25) is 5.91 Å². The summed E-state index contributed by atoms with van der Waals surface area (Å²) in [4.78, 5) is 26.2. The zero-order valence-electron chi connectivity index (χ0n) is 11.0. The number of carbonyl (C=O) groups excluding carboxylic acids is 1. The van der Waals surface area contributed by atoms with Crippen molar-refractivity contribution in [3.63, 3.8) is 0 Å². The topological polar surface area (TPSA) is 60.9 Å². The molecule has 0 saturated carbocycles. The van der Waals surface area contributed by atoms with Crippen LogP contribution in [0, 0.1) is 0 Å². The van der Waals surface area contributed by atoms with E-state index in [2.05, 4.69) is 0 Å². The first-order valence-electron chi connectivity index (χ1n) is 6.34. The first-order valence-corrected chi connectivity index (χ1v) is 6.34. The molecule has 1 aliphatic rings. The van der Waals surface area contributed by atoms with Crippen LogP contribution in [0.15, 0.2) is 30.3 Å². The average Bonchev–Trinajstić information content (AvgIpc) is 2.38. The third-order valence-electron chi connectivity index (χ3n) is 3.41. The largest absolute Gasteiger partial charge is 0.480 e. The molecule has 102 valence electrons. The lowest BCUT2D eigenvalue weighted by Crippen LogP contribution is -2.51. The summed E-state index contributed by atoms with van der Waals surface area (Å²) in [5, 5.41) is 8.88. The predicted molar refractivity (Wildman–Crippen MR) is 70.6 cm³/mol. The highest BCUT2D eigenvalue weighted by molar-refractivity contribution is 5.74. The van der Waals surface area contributed by atoms with Gasteiger partial charge in [0.15, 0.2) is 0 Å². The summed E-state index contributed by atoms with van der Waals surface area (Å²) in [6.45, 7) is 3.32. The smallest absolute Gasteiger partial charge is 0.317 e. The Morgan fingerprint density at radius 2 is 1.95 bits per heavy atom. The molecule has 0 unspecified atom stereocenters. The molecule has 1 amide bonds. The minimum absolute atomic E-state index is 0.0229. The fourth-order valence-electron chi connectivity index (χ4n) is 2.51. The minimum Gasteiger partial charge on any atom is -0.480 e. The fraction of sp³-hybridized carbons (Fsp3) is 0.429. The number of amides is 1. The van der Waals surface area contributed by atoms with E-state index in [4.69, 9.17) is 5.11 Å². The molecule has 1 aliphatic heterocycles. The zero-order valence-corrected chi connectivity index (χ0v) is 11.0. The Balaban J connectivity index is 2.18. The van der Waals surface area contributed by atoms with Crippen LogP contribution in [0.3, 0.4) is 0 Å². The maximum atomic E-state index is 11.7. The molecule has 1 aromatic carbocycles. The first kappa shape index (κ1) is 13.5. The number of nitrogens with zero attached hydrogens (tertiary/aromatic N) is 2. The normalized spacial score (nSPS) is 20.3. The SMILES string of the molecule is CC(=O)N1CCN(CC(=O)O)C[C@@H]1c1ccccc1. The summed E-state index contributed by atoms with van der Waals surface area (Å²) in [7, 11) is 0. The monoisotopic (exact) mass is 262 g/mol. The summed E-state index contributed by atoms with van der Waals surface area (Å²) in [5.74, 6) is -0.799. The average molecular weight is 262 g/mol. The molecule has 0 bridgehead atoms. The Hall–Kier alpha value is -1.88. The molecule has 0 aliphatic carbocycles. The molecule has 19 heavy (non-hydrogen) atoms. The van der Waals surface area contributed by atoms with Gasteiger partial charge in [-0.05, 0) is 5.56 Å². The Morgan fingerprint density at radius 1 is 1.26 bits per heavy atom. The summed E-state index contributed by atoms with van der Waals surface area (Å²) < 4.78 is 0. The standard InChI is InChI=1S/C14H18N2O3/c1-11(17)16-8-7-15(10-14(18)19)9-13(16)12-5-3-2-4-6-12/h2-6,13H,7-10H2,1H3,(H,18,19)/t13-/m1/s1. The number of piperazine rings is 1. The lowest BCUT2D eigenvalue weighted by molar-refractivity contribution is -0.140. The molecule has 0 radical (unpaired) electrons. The third-order valence-corrected chi connectivity index (χ3v) is 3.41. The second kappa shape index (κ2) is 5.84. The first-order chi connectivity index (χ1) is 9.08. The van der Waals surface area contributed by atoms with Crippen LogP contribution in [0.1, 0.15) is 18.5 Å². The summed E-state index contributed by atoms with van der Waals surface area (Å²) in [6.07, 6.45) is 0. The molecule has 5 nitrogen and oxygen atoms in total. The fourth-order valence-corrected chi connectivity index (χ4v) is 2.51. The van der Waals surface area contributed by atoms with Crippen LogP contribution < -0.4 is 0 Å². The molecule has 0 aromatic heterocycles. The van der Waals surface area contributed by atoms with Crippen molar-refractivity contribution < 1.29 is 14.7 Å². The molecule has 5 heteroatoms. The van der Waals surface area contributed by atoms with Crippen molar-refractivity contribution in [1.82, 2.24) is 9.80 Å². The Labute approximate surface area is 112 Å². The molecule has 1 heterocycles. The molecular formula is C14H18N2O3. The Morgan fingerprint density at radius 3 is 2.53 bits per heavy atom. The zero-order chi connectivity index (χ0) is 13.8. The van der Waals surface area contributed by atoms with Crippen LogP contribution in [0.2, 0.25) is 0 Å². The van der Waals surface area contributed by atoms with Crippen molar-refractivity contribution in [3.05, 3.63) is 35.9 Å². The van der Waals surface area contributed by atoms with E-state index >= 15 is 0 Å². The van der Waals surface area contributed by atoms with E-state index < -0.39 is 5.97 Å². The Kier molecular flexibility index (Phi) is 4.16. The van der Waals surface area contributed by atoms with Gasteiger partial charge in [0, 0.05) is 26.6 Å². The maximum absolute atomic E-state index is 11.7. The molecule has 1 fully saturated rings. The number of hydrogen-bond acceptors (Lipinski definition) is 3.